The quantitative estimate of drug-likeness (QED) is 0.838. The van der Waals surface area contributed by atoms with Crippen LogP contribution in [-0.2, 0) is 0 Å². The molecule has 0 saturated carbocycles. The highest BCUT2D eigenvalue weighted by Crippen LogP contribution is 2.32. The number of ether oxygens (including phenoxy) is 2. The molecule has 0 amide bonds. The predicted octanol–water partition coefficient (Wildman–Crippen LogP) is 2.84. The van der Waals surface area contributed by atoms with Crippen molar-refractivity contribution in [2.24, 2.45) is 0 Å². The summed E-state index contributed by atoms with van der Waals surface area (Å²) in [6.45, 7) is 6.61. The third-order valence-corrected chi connectivity index (χ3v) is 4.18. The van der Waals surface area contributed by atoms with Gasteiger partial charge in [-0.05, 0) is 24.1 Å². The molecule has 0 aliphatic carbocycles. The summed E-state index contributed by atoms with van der Waals surface area (Å²) in [7, 11) is 3.43. The molecule has 0 radical (unpaired) electrons. The lowest BCUT2D eigenvalue weighted by atomic mass is 9.98. The smallest absolute Gasteiger partial charge is 0.122 e. The van der Waals surface area contributed by atoms with Gasteiger partial charge in [0.25, 0.3) is 0 Å². The van der Waals surface area contributed by atoms with E-state index >= 15 is 0 Å². The average Bonchev–Trinajstić information content (AvgIpc) is 2.55. The second-order valence-corrected chi connectivity index (χ2v) is 5.59. The van der Waals surface area contributed by atoms with Crippen LogP contribution < -0.4 is 14.8 Å². The van der Waals surface area contributed by atoms with Crippen LogP contribution in [0.4, 0.5) is 0 Å². The number of hydrogen-bond donors (Lipinski definition) is 1. The van der Waals surface area contributed by atoms with Gasteiger partial charge in [0.1, 0.15) is 11.5 Å². The lowest BCUT2D eigenvalue weighted by molar-refractivity contribution is 0.162. The summed E-state index contributed by atoms with van der Waals surface area (Å²) in [5.74, 6) is 1.75. The van der Waals surface area contributed by atoms with Crippen LogP contribution in [0, 0.1) is 0 Å². The molecule has 118 valence electrons. The fraction of sp³-hybridized carbons (Fsp3) is 0.647. The summed E-state index contributed by atoms with van der Waals surface area (Å²) >= 11 is 0. The molecule has 1 N–H and O–H groups in total. The first-order chi connectivity index (χ1) is 10.3. The molecule has 0 bridgehead atoms. The Morgan fingerprint density at radius 3 is 2.24 bits per heavy atom. The third-order valence-electron chi connectivity index (χ3n) is 4.18. The van der Waals surface area contributed by atoms with Crippen LogP contribution in [0.2, 0.25) is 0 Å². The zero-order chi connectivity index (χ0) is 15.1. The Hall–Kier alpha value is -1.26. The molecule has 1 aromatic carbocycles. The molecule has 1 aromatic rings. The van der Waals surface area contributed by atoms with E-state index in [4.69, 9.17) is 9.47 Å². The van der Waals surface area contributed by atoms with Gasteiger partial charge in [-0.25, -0.2) is 0 Å². The average molecular weight is 292 g/mol. The molecule has 0 unspecified atom stereocenters. The van der Waals surface area contributed by atoms with Gasteiger partial charge < -0.3 is 14.8 Å². The topological polar surface area (TPSA) is 33.7 Å². The molecular formula is C17H28N2O2. The molecule has 2 rings (SSSR count). The third kappa shape index (κ3) is 4.35. The second kappa shape index (κ2) is 8.25. The van der Waals surface area contributed by atoms with Crippen molar-refractivity contribution in [2.45, 2.75) is 32.2 Å². The number of nitrogens with one attached hydrogen (secondary N) is 1. The van der Waals surface area contributed by atoms with E-state index in [-0.39, 0.29) is 0 Å². The molecular weight excluding hydrogens is 264 g/mol. The molecule has 0 spiro atoms. The van der Waals surface area contributed by atoms with E-state index in [0.29, 0.717) is 6.04 Å². The molecule has 1 saturated heterocycles. The summed E-state index contributed by atoms with van der Waals surface area (Å²) in [5, 5.41) is 3.43. The second-order valence-electron chi connectivity index (χ2n) is 5.59. The number of piperazine rings is 1. The van der Waals surface area contributed by atoms with E-state index in [1.807, 2.05) is 6.07 Å². The van der Waals surface area contributed by atoms with E-state index in [9.17, 15) is 0 Å². The molecule has 4 heteroatoms. The number of benzene rings is 1. The number of hydrogen-bond acceptors (Lipinski definition) is 4. The molecule has 4 nitrogen and oxygen atoms in total. The molecule has 0 aromatic heterocycles. The van der Waals surface area contributed by atoms with Crippen LogP contribution in [0.5, 0.6) is 11.5 Å². The summed E-state index contributed by atoms with van der Waals surface area (Å²) in [4.78, 5) is 2.58. The van der Waals surface area contributed by atoms with E-state index in [2.05, 4.69) is 29.3 Å². The Labute approximate surface area is 128 Å². The first kappa shape index (κ1) is 16.1. The van der Waals surface area contributed by atoms with Crippen molar-refractivity contribution in [3.8, 4) is 11.5 Å². The minimum atomic E-state index is 0.455. The molecule has 1 fully saturated rings. The zero-order valence-corrected chi connectivity index (χ0v) is 13.5. The fourth-order valence-electron chi connectivity index (χ4n) is 2.97. The summed E-state index contributed by atoms with van der Waals surface area (Å²) in [6, 6.07) is 6.71. The minimum absolute atomic E-state index is 0.455. The van der Waals surface area contributed by atoms with Crippen LogP contribution in [0.25, 0.3) is 0 Å². The van der Waals surface area contributed by atoms with Crippen molar-refractivity contribution in [2.75, 3.05) is 40.4 Å². The van der Waals surface area contributed by atoms with E-state index in [1.165, 1.54) is 24.8 Å². The fourth-order valence-corrected chi connectivity index (χ4v) is 2.97. The highest BCUT2D eigenvalue weighted by molar-refractivity contribution is 5.40. The van der Waals surface area contributed by atoms with Gasteiger partial charge in [-0.1, -0.05) is 19.8 Å². The summed E-state index contributed by atoms with van der Waals surface area (Å²) < 4.78 is 10.9. The van der Waals surface area contributed by atoms with Crippen molar-refractivity contribution >= 4 is 0 Å². The number of nitrogens with zero attached hydrogens (tertiary/aromatic N) is 1. The molecule has 1 heterocycles. The Balaban J connectivity index is 2.25. The number of rotatable bonds is 7. The maximum Gasteiger partial charge on any atom is 0.122 e. The lowest BCUT2D eigenvalue weighted by Crippen LogP contribution is -2.45. The van der Waals surface area contributed by atoms with Crippen LogP contribution in [0.1, 0.15) is 37.8 Å². The zero-order valence-electron chi connectivity index (χ0n) is 13.5. The maximum atomic E-state index is 5.43. The van der Waals surface area contributed by atoms with Crippen molar-refractivity contribution in [1.82, 2.24) is 10.2 Å². The highest BCUT2D eigenvalue weighted by atomic mass is 16.5. The van der Waals surface area contributed by atoms with Crippen LogP contribution in [0.3, 0.4) is 0 Å². The Morgan fingerprint density at radius 2 is 1.71 bits per heavy atom. The van der Waals surface area contributed by atoms with Crippen LogP contribution >= 0.6 is 0 Å². The normalized spacial score (nSPS) is 17.5. The largest absolute Gasteiger partial charge is 0.497 e. The monoisotopic (exact) mass is 292 g/mol. The standard InChI is InChI=1S/C17H28N2O2/c1-4-5-6-17(19-9-7-18-8-10-19)14-11-15(20-2)13-16(12-14)21-3/h11-13,17-18H,4-10H2,1-3H3/t17-/m0/s1. The molecule has 1 aliphatic heterocycles. The van der Waals surface area contributed by atoms with Gasteiger partial charge in [0.2, 0.25) is 0 Å². The molecule has 21 heavy (non-hydrogen) atoms. The molecule has 1 aliphatic rings. The maximum absolute atomic E-state index is 5.43. The van der Waals surface area contributed by atoms with E-state index in [0.717, 1.165) is 37.7 Å². The van der Waals surface area contributed by atoms with Crippen molar-refractivity contribution in [3.05, 3.63) is 23.8 Å². The van der Waals surface area contributed by atoms with Crippen LogP contribution in [-0.4, -0.2) is 45.3 Å². The highest BCUT2D eigenvalue weighted by Gasteiger charge is 2.22. The van der Waals surface area contributed by atoms with E-state index < -0.39 is 0 Å². The first-order valence-corrected chi connectivity index (χ1v) is 7.96. The first-order valence-electron chi connectivity index (χ1n) is 7.96. The van der Waals surface area contributed by atoms with Crippen molar-refractivity contribution < 1.29 is 9.47 Å². The predicted molar refractivity (Wildman–Crippen MR) is 86.3 cm³/mol. The summed E-state index contributed by atoms with van der Waals surface area (Å²) in [5.41, 5.74) is 1.31. The summed E-state index contributed by atoms with van der Waals surface area (Å²) in [6.07, 6.45) is 3.66. The van der Waals surface area contributed by atoms with Gasteiger partial charge in [0, 0.05) is 38.3 Å². The van der Waals surface area contributed by atoms with Crippen molar-refractivity contribution in [3.63, 3.8) is 0 Å². The van der Waals surface area contributed by atoms with Gasteiger partial charge >= 0.3 is 0 Å². The van der Waals surface area contributed by atoms with Crippen LogP contribution in [0.15, 0.2) is 18.2 Å². The Kier molecular flexibility index (Phi) is 6.33. The van der Waals surface area contributed by atoms with E-state index in [1.54, 1.807) is 14.2 Å². The number of methoxy groups -OCH3 is 2. The van der Waals surface area contributed by atoms with Crippen molar-refractivity contribution in [1.29, 1.82) is 0 Å². The Bertz CT molecular complexity index is 409. The Morgan fingerprint density at radius 1 is 1.10 bits per heavy atom. The SMILES string of the molecule is CCCC[C@@H](c1cc(OC)cc(OC)c1)N1CCNCC1. The van der Waals surface area contributed by atoms with Gasteiger partial charge in [0.05, 0.1) is 14.2 Å². The minimum Gasteiger partial charge on any atom is -0.497 e. The van der Waals surface area contributed by atoms with Gasteiger partial charge in [0.15, 0.2) is 0 Å². The molecule has 1 atom stereocenters. The van der Waals surface area contributed by atoms with Gasteiger partial charge in [-0.15, -0.1) is 0 Å². The van der Waals surface area contributed by atoms with Gasteiger partial charge in [-0.3, -0.25) is 4.90 Å². The van der Waals surface area contributed by atoms with Gasteiger partial charge in [-0.2, -0.15) is 0 Å². The lowest BCUT2D eigenvalue weighted by Gasteiger charge is -2.35. The number of unbranched alkanes of at least 4 members (excludes halogenated alkanes) is 1.